The van der Waals surface area contributed by atoms with Gasteiger partial charge in [0, 0.05) is 18.2 Å². The smallest absolute Gasteiger partial charge is 0.331 e. The van der Waals surface area contributed by atoms with Crippen molar-refractivity contribution in [1.29, 1.82) is 0 Å². The molecule has 0 radical (unpaired) electrons. The van der Waals surface area contributed by atoms with Crippen LogP contribution in [0, 0.1) is 6.92 Å². The number of aromatic nitrogens is 2. The van der Waals surface area contributed by atoms with Gasteiger partial charge in [0.2, 0.25) is 0 Å². The van der Waals surface area contributed by atoms with E-state index in [9.17, 15) is 9.59 Å². The van der Waals surface area contributed by atoms with E-state index in [1.807, 2.05) is 6.08 Å². The minimum Gasteiger partial charge on any atom is -0.478 e. The zero-order valence-electron chi connectivity index (χ0n) is 7.69. The van der Waals surface area contributed by atoms with Crippen LogP contribution in [0.25, 0.3) is 0 Å². The average Bonchev–Trinajstić information content (AvgIpc) is 2.64. The largest absolute Gasteiger partial charge is 0.478 e. The van der Waals surface area contributed by atoms with Crippen LogP contribution < -0.4 is 11.2 Å². The lowest BCUT2D eigenvalue weighted by atomic mass is 10.3. The van der Waals surface area contributed by atoms with Gasteiger partial charge in [-0.2, -0.15) is 0 Å². The molecule has 1 aliphatic heterocycles. The molecule has 2 rings (SSSR count). The van der Waals surface area contributed by atoms with Crippen molar-refractivity contribution in [3.05, 3.63) is 44.9 Å². The van der Waals surface area contributed by atoms with Gasteiger partial charge in [0.15, 0.2) is 6.23 Å². The molecule has 0 fully saturated rings. The third-order valence-corrected chi connectivity index (χ3v) is 2.13. The Morgan fingerprint density at radius 2 is 2.36 bits per heavy atom. The fraction of sp³-hybridized carbons (Fsp3) is 0.333. The molecule has 14 heavy (non-hydrogen) atoms. The monoisotopic (exact) mass is 194 g/mol. The first kappa shape index (κ1) is 8.80. The molecule has 0 aliphatic carbocycles. The van der Waals surface area contributed by atoms with Crippen molar-refractivity contribution in [2.24, 2.45) is 0 Å². The lowest BCUT2D eigenvalue weighted by Crippen LogP contribution is -2.33. The van der Waals surface area contributed by atoms with Gasteiger partial charge in [0.25, 0.3) is 5.56 Å². The third kappa shape index (κ3) is 1.37. The van der Waals surface area contributed by atoms with Crippen LogP contribution in [0.1, 0.15) is 18.2 Å². The van der Waals surface area contributed by atoms with Crippen LogP contribution in [0.15, 0.2) is 28.1 Å². The van der Waals surface area contributed by atoms with Crippen molar-refractivity contribution >= 4 is 0 Å². The maximum Gasteiger partial charge on any atom is 0.331 e. The second-order valence-electron chi connectivity index (χ2n) is 3.18. The molecule has 2 heterocycles. The molecule has 1 aromatic rings. The Hall–Kier alpha value is -1.78. The van der Waals surface area contributed by atoms with Gasteiger partial charge in [-0.15, -0.1) is 0 Å². The fourth-order valence-electron chi connectivity index (χ4n) is 1.35. The van der Waals surface area contributed by atoms with Gasteiger partial charge in [-0.05, 0) is 13.0 Å². The maximum atomic E-state index is 11.4. The van der Waals surface area contributed by atoms with Crippen molar-refractivity contribution < 1.29 is 4.74 Å². The lowest BCUT2D eigenvalue weighted by Gasteiger charge is -2.13. The van der Waals surface area contributed by atoms with Gasteiger partial charge in [-0.1, -0.05) is 0 Å². The van der Waals surface area contributed by atoms with Crippen LogP contribution >= 0.6 is 0 Å². The zero-order valence-corrected chi connectivity index (χ0v) is 7.69. The third-order valence-electron chi connectivity index (χ3n) is 2.13. The predicted molar refractivity (Wildman–Crippen MR) is 49.9 cm³/mol. The Balaban J connectivity index is 2.48. The van der Waals surface area contributed by atoms with Crippen LogP contribution in [0.3, 0.4) is 0 Å². The topological polar surface area (TPSA) is 64.1 Å². The summed E-state index contributed by atoms with van der Waals surface area (Å²) < 4.78 is 6.56. The first-order valence-corrected chi connectivity index (χ1v) is 4.31. The summed E-state index contributed by atoms with van der Waals surface area (Å²) in [7, 11) is 0. The highest BCUT2D eigenvalue weighted by Crippen LogP contribution is 2.17. The molecule has 0 aromatic carbocycles. The molecule has 1 aromatic heterocycles. The first-order valence-electron chi connectivity index (χ1n) is 4.31. The summed E-state index contributed by atoms with van der Waals surface area (Å²) in [5.41, 5.74) is -0.286. The molecular formula is C9H10N2O3. The number of rotatable bonds is 1. The van der Waals surface area contributed by atoms with Crippen LogP contribution in [0.2, 0.25) is 0 Å². The molecule has 1 atom stereocenters. The minimum atomic E-state index is -0.436. The summed E-state index contributed by atoms with van der Waals surface area (Å²) in [4.78, 5) is 24.7. The van der Waals surface area contributed by atoms with Crippen LogP contribution in [0.4, 0.5) is 0 Å². The maximum absolute atomic E-state index is 11.4. The van der Waals surface area contributed by atoms with Crippen LogP contribution in [0.5, 0.6) is 0 Å². The summed E-state index contributed by atoms with van der Waals surface area (Å²) in [6.07, 6.45) is 5.22. The molecule has 0 amide bonds. The normalized spacial score (nSPS) is 19.6. The van der Waals surface area contributed by atoms with Gasteiger partial charge in [0.05, 0.1) is 6.26 Å². The molecule has 0 spiro atoms. The summed E-state index contributed by atoms with van der Waals surface area (Å²) >= 11 is 0. The van der Waals surface area contributed by atoms with E-state index in [2.05, 4.69) is 4.98 Å². The average molecular weight is 194 g/mol. The Kier molecular flexibility index (Phi) is 1.99. The molecule has 5 heteroatoms. The van der Waals surface area contributed by atoms with E-state index < -0.39 is 5.69 Å². The van der Waals surface area contributed by atoms with Crippen molar-refractivity contribution in [3.8, 4) is 0 Å². The molecule has 0 saturated heterocycles. The highest BCUT2D eigenvalue weighted by Gasteiger charge is 2.15. The molecule has 0 saturated carbocycles. The van der Waals surface area contributed by atoms with E-state index in [1.54, 1.807) is 13.2 Å². The van der Waals surface area contributed by atoms with Gasteiger partial charge in [-0.25, -0.2) is 4.79 Å². The minimum absolute atomic E-state index is 0.321. The molecule has 1 N–H and O–H groups in total. The highest BCUT2D eigenvalue weighted by atomic mass is 16.5. The van der Waals surface area contributed by atoms with E-state index in [4.69, 9.17) is 4.74 Å². The van der Waals surface area contributed by atoms with Crippen LogP contribution in [-0.2, 0) is 4.74 Å². The van der Waals surface area contributed by atoms with E-state index in [-0.39, 0.29) is 11.8 Å². The second kappa shape index (κ2) is 3.17. The van der Waals surface area contributed by atoms with Crippen LogP contribution in [-0.4, -0.2) is 9.55 Å². The summed E-state index contributed by atoms with van der Waals surface area (Å²) in [6, 6.07) is 0. The number of hydrogen-bond donors (Lipinski definition) is 1. The van der Waals surface area contributed by atoms with Crippen molar-refractivity contribution in [2.45, 2.75) is 19.6 Å². The standard InChI is InChI=1S/C9H10N2O3/c1-6-5-11(7-3-2-4-14-7)9(13)10-8(6)12/h2,4-5,7H,3H2,1H3,(H,10,12,13)/t7-/m0/s1. The van der Waals surface area contributed by atoms with Gasteiger partial charge < -0.3 is 4.74 Å². The number of hydrogen-bond acceptors (Lipinski definition) is 3. The number of H-pyrrole nitrogens is 1. The summed E-state index contributed by atoms with van der Waals surface area (Å²) in [5, 5.41) is 0. The number of aryl methyl sites for hydroxylation is 1. The number of aromatic amines is 1. The molecule has 5 nitrogen and oxygen atoms in total. The second-order valence-corrected chi connectivity index (χ2v) is 3.18. The van der Waals surface area contributed by atoms with Gasteiger partial charge >= 0.3 is 5.69 Å². The molecular weight excluding hydrogens is 184 g/mol. The SMILES string of the molecule is Cc1cn([C@@H]2CC=CO2)c(=O)[nH]c1=O. The quantitative estimate of drug-likeness (QED) is 0.698. The number of ether oxygens (including phenoxy) is 1. The Morgan fingerprint density at radius 3 is 3.00 bits per heavy atom. The molecule has 0 unspecified atom stereocenters. The molecule has 74 valence electrons. The Labute approximate surface area is 79.6 Å². The van der Waals surface area contributed by atoms with E-state index >= 15 is 0 Å². The highest BCUT2D eigenvalue weighted by molar-refractivity contribution is 5.02. The van der Waals surface area contributed by atoms with E-state index in [0.717, 1.165) is 0 Å². The molecule has 0 bridgehead atoms. The fourth-order valence-corrected chi connectivity index (χ4v) is 1.35. The lowest BCUT2D eigenvalue weighted by molar-refractivity contribution is 0.0995. The predicted octanol–water partition coefficient (Wildman–Crippen LogP) is 0.278. The van der Waals surface area contributed by atoms with E-state index in [1.165, 1.54) is 10.8 Å². The summed E-state index contributed by atoms with van der Waals surface area (Å²) in [6.45, 7) is 1.65. The van der Waals surface area contributed by atoms with Gasteiger partial charge in [0.1, 0.15) is 0 Å². The molecule has 1 aliphatic rings. The van der Waals surface area contributed by atoms with E-state index in [0.29, 0.717) is 12.0 Å². The first-order chi connectivity index (χ1) is 6.68. The van der Waals surface area contributed by atoms with Crippen molar-refractivity contribution in [3.63, 3.8) is 0 Å². The number of nitrogens with one attached hydrogen (secondary N) is 1. The zero-order chi connectivity index (χ0) is 10.1. The summed E-state index contributed by atoms with van der Waals surface area (Å²) in [5.74, 6) is 0. The Morgan fingerprint density at radius 1 is 1.57 bits per heavy atom. The van der Waals surface area contributed by atoms with Crippen molar-refractivity contribution in [2.75, 3.05) is 0 Å². The van der Waals surface area contributed by atoms with Crippen molar-refractivity contribution in [1.82, 2.24) is 9.55 Å². The Bertz CT molecular complexity index is 476. The number of nitrogens with zero attached hydrogens (tertiary/aromatic N) is 1. The van der Waals surface area contributed by atoms with Gasteiger partial charge in [-0.3, -0.25) is 14.3 Å².